The van der Waals surface area contributed by atoms with Crippen molar-refractivity contribution in [2.75, 3.05) is 0 Å². The third-order valence-electron chi connectivity index (χ3n) is 0.757. The molecule has 0 radical (unpaired) electrons. The molecule has 0 aromatic heterocycles. The number of aliphatic imine (C=N–C) groups is 1. The normalized spacial score (nSPS) is 11.0. The molecule has 50 valence electrons. The van der Waals surface area contributed by atoms with Crippen LogP contribution in [0.4, 0.5) is 0 Å². The van der Waals surface area contributed by atoms with Crippen molar-refractivity contribution in [3.05, 3.63) is 24.8 Å². The number of thioether (sulfide) groups is 1. The molecule has 0 atom stereocenters. The summed E-state index contributed by atoms with van der Waals surface area (Å²) in [5.74, 6) is 0. The van der Waals surface area contributed by atoms with Crippen LogP contribution in [0.3, 0.4) is 0 Å². The first-order valence-electron chi connectivity index (χ1n) is 2.80. The third-order valence-corrected chi connectivity index (χ3v) is 1.59. The first-order valence-corrected chi connectivity index (χ1v) is 3.68. The minimum absolute atomic E-state index is 0.947. The SMILES string of the molecule is C=CN=C(CC)SC=C. The Balaban J connectivity index is 3.79. The molecule has 0 unspecified atom stereocenters. The van der Waals surface area contributed by atoms with Crippen molar-refractivity contribution >= 4 is 16.8 Å². The van der Waals surface area contributed by atoms with Gasteiger partial charge in [0.05, 0.1) is 5.04 Å². The van der Waals surface area contributed by atoms with Crippen molar-refractivity contribution in [1.29, 1.82) is 0 Å². The quantitative estimate of drug-likeness (QED) is 0.435. The van der Waals surface area contributed by atoms with Gasteiger partial charge < -0.3 is 0 Å². The van der Waals surface area contributed by atoms with Crippen LogP contribution in [0, 0.1) is 0 Å². The summed E-state index contributed by atoms with van der Waals surface area (Å²) in [4.78, 5) is 4.00. The molecule has 0 saturated heterocycles. The molecule has 0 fully saturated rings. The highest BCUT2D eigenvalue weighted by molar-refractivity contribution is 8.16. The van der Waals surface area contributed by atoms with Crippen LogP contribution in [0.15, 0.2) is 29.8 Å². The Kier molecular flexibility index (Phi) is 5.32. The van der Waals surface area contributed by atoms with Crippen LogP contribution < -0.4 is 0 Å². The average Bonchev–Trinajstić information content (AvgIpc) is 1.88. The Bertz CT molecular complexity index is 127. The van der Waals surface area contributed by atoms with Crippen LogP contribution in [0.5, 0.6) is 0 Å². The predicted molar refractivity (Wildman–Crippen MR) is 45.7 cm³/mol. The minimum atomic E-state index is 0.947. The second-order valence-corrected chi connectivity index (χ2v) is 2.38. The highest BCUT2D eigenvalue weighted by atomic mass is 32.2. The molecule has 0 aromatic rings. The molecular weight excluding hydrogens is 130 g/mol. The fourth-order valence-corrected chi connectivity index (χ4v) is 0.898. The molecule has 0 aliphatic heterocycles. The van der Waals surface area contributed by atoms with E-state index in [1.807, 2.05) is 0 Å². The summed E-state index contributed by atoms with van der Waals surface area (Å²) in [6.45, 7) is 9.13. The van der Waals surface area contributed by atoms with Crippen molar-refractivity contribution in [3.8, 4) is 0 Å². The molecule has 0 aromatic carbocycles. The van der Waals surface area contributed by atoms with Crippen molar-refractivity contribution in [3.63, 3.8) is 0 Å². The minimum Gasteiger partial charge on any atom is -0.255 e. The van der Waals surface area contributed by atoms with Crippen molar-refractivity contribution in [2.45, 2.75) is 13.3 Å². The maximum atomic E-state index is 4.00. The Morgan fingerprint density at radius 1 is 1.67 bits per heavy atom. The highest BCUT2D eigenvalue weighted by Crippen LogP contribution is 2.07. The second kappa shape index (κ2) is 5.63. The van der Waals surface area contributed by atoms with Crippen LogP contribution in [-0.2, 0) is 0 Å². The van der Waals surface area contributed by atoms with E-state index in [2.05, 4.69) is 25.1 Å². The number of hydrogen-bond acceptors (Lipinski definition) is 2. The van der Waals surface area contributed by atoms with E-state index < -0.39 is 0 Å². The van der Waals surface area contributed by atoms with Gasteiger partial charge in [-0.3, -0.25) is 4.99 Å². The van der Waals surface area contributed by atoms with Gasteiger partial charge in [0.25, 0.3) is 0 Å². The number of hydrogen-bond donors (Lipinski definition) is 0. The standard InChI is InChI=1S/C7H11NS/c1-4-7(8-5-2)9-6-3/h5-6H,2-4H2,1H3. The lowest BCUT2D eigenvalue weighted by Gasteiger charge is -1.93. The Labute approximate surface area is 60.6 Å². The van der Waals surface area contributed by atoms with Gasteiger partial charge in [-0.2, -0.15) is 0 Å². The molecule has 0 rings (SSSR count). The van der Waals surface area contributed by atoms with Crippen molar-refractivity contribution in [2.24, 2.45) is 4.99 Å². The van der Waals surface area contributed by atoms with Crippen LogP contribution in [-0.4, -0.2) is 5.04 Å². The highest BCUT2D eigenvalue weighted by Gasteiger charge is 1.88. The first kappa shape index (κ1) is 8.50. The molecule has 0 aliphatic carbocycles. The zero-order chi connectivity index (χ0) is 7.11. The van der Waals surface area contributed by atoms with Gasteiger partial charge in [0.1, 0.15) is 0 Å². The molecule has 0 bridgehead atoms. The molecule has 0 amide bonds. The van der Waals surface area contributed by atoms with Gasteiger partial charge in [0, 0.05) is 6.20 Å². The van der Waals surface area contributed by atoms with Crippen LogP contribution in [0.2, 0.25) is 0 Å². The van der Waals surface area contributed by atoms with E-state index in [0.717, 1.165) is 11.5 Å². The van der Waals surface area contributed by atoms with Crippen LogP contribution >= 0.6 is 11.8 Å². The van der Waals surface area contributed by atoms with Gasteiger partial charge in [-0.05, 0) is 11.8 Å². The molecular formula is C7H11NS. The van der Waals surface area contributed by atoms with Gasteiger partial charge in [0.15, 0.2) is 0 Å². The molecule has 0 spiro atoms. The van der Waals surface area contributed by atoms with Crippen LogP contribution in [0.25, 0.3) is 0 Å². The van der Waals surface area contributed by atoms with Gasteiger partial charge in [-0.25, -0.2) is 0 Å². The van der Waals surface area contributed by atoms with E-state index in [1.165, 1.54) is 0 Å². The van der Waals surface area contributed by atoms with E-state index in [0.29, 0.717) is 0 Å². The summed E-state index contributed by atoms with van der Waals surface area (Å²) in [6, 6.07) is 0. The summed E-state index contributed by atoms with van der Waals surface area (Å²) in [5.41, 5.74) is 0. The average molecular weight is 141 g/mol. The molecule has 0 aliphatic rings. The summed E-state index contributed by atoms with van der Waals surface area (Å²) in [6.07, 6.45) is 2.50. The molecule has 0 N–H and O–H groups in total. The smallest absolute Gasteiger partial charge is 0.0769 e. The lowest BCUT2D eigenvalue weighted by molar-refractivity contribution is 1.30. The maximum Gasteiger partial charge on any atom is 0.0769 e. The van der Waals surface area contributed by atoms with Crippen LogP contribution in [0.1, 0.15) is 13.3 Å². The van der Waals surface area contributed by atoms with E-state index in [1.54, 1.807) is 23.4 Å². The van der Waals surface area contributed by atoms with Gasteiger partial charge in [0.2, 0.25) is 0 Å². The topological polar surface area (TPSA) is 12.4 Å². The maximum absolute atomic E-state index is 4.00. The monoisotopic (exact) mass is 141 g/mol. The van der Waals surface area contributed by atoms with E-state index in [4.69, 9.17) is 0 Å². The summed E-state index contributed by atoms with van der Waals surface area (Å²) in [5, 5.41) is 2.83. The van der Waals surface area contributed by atoms with Crippen molar-refractivity contribution < 1.29 is 0 Å². The van der Waals surface area contributed by atoms with E-state index >= 15 is 0 Å². The Hall–Kier alpha value is -0.500. The summed E-state index contributed by atoms with van der Waals surface area (Å²) in [7, 11) is 0. The molecule has 2 heteroatoms. The molecule has 9 heavy (non-hydrogen) atoms. The molecule has 0 saturated carbocycles. The van der Waals surface area contributed by atoms with E-state index in [-0.39, 0.29) is 0 Å². The zero-order valence-electron chi connectivity index (χ0n) is 5.63. The lowest BCUT2D eigenvalue weighted by Crippen LogP contribution is -1.83. The third kappa shape index (κ3) is 4.03. The molecule has 0 heterocycles. The van der Waals surface area contributed by atoms with Gasteiger partial charge >= 0.3 is 0 Å². The molecule has 1 nitrogen and oxygen atoms in total. The van der Waals surface area contributed by atoms with Gasteiger partial charge in [-0.15, -0.1) is 0 Å². The van der Waals surface area contributed by atoms with Crippen molar-refractivity contribution in [1.82, 2.24) is 0 Å². The second-order valence-electron chi connectivity index (χ2n) is 1.34. The predicted octanol–water partition coefficient (Wildman–Crippen LogP) is 2.82. The zero-order valence-corrected chi connectivity index (χ0v) is 6.45. The Morgan fingerprint density at radius 3 is 2.67 bits per heavy atom. The first-order chi connectivity index (χ1) is 4.35. The number of rotatable bonds is 3. The number of nitrogens with zero attached hydrogens (tertiary/aromatic N) is 1. The summed E-state index contributed by atoms with van der Waals surface area (Å²) >= 11 is 1.54. The van der Waals surface area contributed by atoms with Gasteiger partial charge in [-0.1, -0.05) is 31.8 Å². The van der Waals surface area contributed by atoms with E-state index in [9.17, 15) is 0 Å². The fraction of sp³-hybridized carbons (Fsp3) is 0.286. The Morgan fingerprint density at radius 2 is 2.33 bits per heavy atom. The lowest BCUT2D eigenvalue weighted by atomic mass is 10.5. The summed E-state index contributed by atoms with van der Waals surface area (Å²) < 4.78 is 0. The largest absolute Gasteiger partial charge is 0.255 e. The fourth-order valence-electron chi connectivity index (χ4n) is 0.403.